The van der Waals surface area contributed by atoms with Gasteiger partial charge in [0.25, 0.3) is 0 Å². The molecular weight excluding hydrogens is 268 g/mol. The summed E-state index contributed by atoms with van der Waals surface area (Å²) in [6.45, 7) is 6.35. The predicted molar refractivity (Wildman–Crippen MR) is 82.3 cm³/mol. The first kappa shape index (κ1) is 17.4. The molecule has 1 rings (SSSR count). The van der Waals surface area contributed by atoms with Crippen LogP contribution in [0, 0.1) is 12.3 Å². The Kier molecular flexibility index (Phi) is 6.62. The Bertz CT molecular complexity index is 477. The van der Waals surface area contributed by atoms with Crippen molar-refractivity contribution in [1.82, 2.24) is 4.98 Å². The van der Waals surface area contributed by atoms with Gasteiger partial charge in [0.05, 0.1) is 19.1 Å². The highest BCUT2D eigenvalue weighted by molar-refractivity contribution is 5.77. The number of aryl methyl sites for hydroxylation is 1. The minimum absolute atomic E-state index is 0.239. The number of pyridine rings is 1. The maximum atomic E-state index is 12.4. The number of carbonyl (C=O) groups excluding carboxylic acids is 1. The van der Waals surface area contributed by atoms with Crippen molar-refractivity contribution in [2.75, 3.05) is 20.3 Å². The molecule has 5 nitrogen and oxygen atoms in total. The number of aromatic nitrogens is 1. The Morgan fingerprint density at radius 3 is 2.62 bits per heavy atom. The number of rotatable bonds is 8. The fraction of sp³-hybridized carbons (Fsp3) is 0.625. The van der Waals surface area contributed by atoms with Gasteiger partial charge in [-0.3, -0.25) is 9.78 Å². The van der Waals surface area contributed by atoms with Crippen molar-refractivity contribution in [3.63, 3.8) is 0 Å². The Morgan fingerprint density at radius 1 is 1.38 bits per heavy atom. The molecule has 118 valence electrons. The molecule has 5 heteroatoms. The average Bonchev–Trinajstić information content (AvgIpc) is 2.46. The Labute approximate surface area is 126 Å². The van der Waals surface area contributed by atoms with Crippen LogP contribution in [0.25, 0.3) is 0 Å². The number of hydrogen-bond donors (Lipinski definition) is 1. The molecule has 1 aromatic heterocycles. The topological polar surface area (TPSA) is 74.4 Å². The van der Waals surface area contributed by atoms with Gasteiger partial charge in [-0.15, -0.1) is 0 Å². The zero-order valence-electron chi connectivity index (χ0n) is 13.4. The van der Waals surface area contributed by atoms with Gasteiger partial charge in [0, 0.05) is 36.5 Å². The van der Waals surface area contributed by atoms with Gasteiger partial charge in [0.1, 0.15) is 5.75 Å². The molecule has 1 heterocycles. The molecule has 0 spiro atoms. The van der Waals surface area contributed by atoms with Crippen LogP contribution in [0.3, 0.4) is 0 Å². The summed E-state index contributed by atoms with van der Waals surface area (Å²) in [6.07, 6.45) is 2.01. The minimum Gasteiger partial charge on any atom is -0.497 e. The zero-order valence-corrected chi connectivity index (χ0v) is 13.4. The summed E-state index contributed by atoms with van der Waals surface area (Å²) in [4.78, 5) is 16.9. The molecule has 0 bridgehead atoms. The van der Waals surface area contributed by atoms with Crippen molar-refractivity contribution >= 4 is 5.97 Å². The van der Waals surface area contributed by atoms with E-state index in [2.05, 4.69) is 4.98 Å². The van der Waals surface area contributed by atoms with Crippen LogP contribution in [0.15, 0.2) is 12.1 Å². The predicted octanol–water partition coefficient (Wildman–Crippen LogP) is 2.25. The molecule has 0 radical (unpaired) electrons. The van der Waals surface area contributed by atoms with Gasteiger partial charge < -0.3 is 15.2 Å². The Balaban J connectivity index is 3.10. The lowest BCUT2D eigenvalue weighted by Gasteiger charge is -2.29. The monoisotopic (exact) mass is 294 g/mol. The molecule has 0 aliphatic carbocycles. The normalized spacial score (nSPS) is 13.6. The minimum atomic E-state index is -0.712. The second-order valence-electron chi connectivity index (χ2n) is 5.27. The summed E-state index contributed by atoms with van der Waals surface area (Å²) in [7, 11) is 1.62. The highest BCUT2D eigenvalue weighted by atomic mass is 16.5. The lowest BCUT2D eigenvalue weighted by Crippen LogP contribution is -2.42. The largest absolute Gasteiger partial charge is 0.497 e. The van der Waals surface area contributed by atoms with E-state index in [4.69, 9.17) is 15.2 Å². The maximum Gasteiger partial charge on any atom is 0.313 e. The third kappa shape index (κ3) is 4.43. The molecule has 0 saturated carbocycles. The van der Waals surface area contributed by atoms with E-state index >= 15 is 0 Å². The third-order valence-corrected chi connectivity index (χ3v) is 3.56. The van der Waals surface area contributed by atoms with E-state index in [1.165, 1.54) is 0 Å². The Hall–Kier alpha value is -1.62. The van der Waals surface area contributed by atoms with Gasteiger partial charge in [-0.2, -0.15) is 0 Å². The van der Waals surface area contributed by atoms with Crippen LogP contribution in [0.2, 0.25) is 0 Å². The first-order valence-electron chi connectivity index (χ1n) is 7.40. The van der Waals surface area contributed by atoms with Crippen molar-refractivity contribution in [1.29, 1.82) is 0 Å². The number of carbonyl (C=O) groups is 1. The fourth-order valence-electron chi connectivity index (χ4n) is 2.54. The van der Waals surface area contributed by atoms with Gasteiger partial charge in [0.2, 0.25) is 0 Å². The van der Waals surface area contributed by atoms with Gasteiger partial charge in [-0.05, 0) is 20.3 Å². The van der Waals surface area contributed by atoms with E-state index in [1.807, 2.05) is 26.0 Å². The standard InChI is InChI=1S/C16H26N2O3/c1-5-7-16(11-17,15(19)21-6-2)10-13-9-14(20-4)8-12(3)18-13/h8-9H,5-7,10-11,17H2,1-4H3. The summed E-state index contributed by atoms with van der Waals surface area (Å²) >= 11 is 0. The van der Waals surface area contributed by atoms with Crippen LogP contribution < -0.4 is 10.5 Å². The number of hydrogen-bond acceptors (Lipinski definition) is 5. The van der Waals surface area contributed by atoms with Crippen molar-refractivity contribution in [2.45, 2.75) is 40.0 Å². The first-order valence-corrected chi connectivity index (χ1v) is 7.40. The van der Waals surface area contributed by atoms with E-state index in [-0.39, 0.29) is 12.5 Å². The van der Waals surface area contributed by atoms with Crippen LogP contribution in [-0.2, 0) is 16.0 Å². The number of ether oxygens (including phenoxy) is 2. The smallest absolute Gasteiger partial charge is 0.313 e. The van der Waals surface area contributed by atoms with E-state index in [0.717, 1.165) is 23.6 Å². The summed E-state index contributed by atoms with van der Waals surface area (Å²) < 4.78 is 10.5. The second-order valence-corrected chi connectivity index (χ2v) is 5.27. The fourth-order valence-corrected chi connectivity index (χ4v) is 2.54. The first-order chi connectivity index (χ1) is 10.0. The molecule has 0 aliphatic heterocycles. The van der Waals surface area contributed by atoms with Crippen molar-refractivity contribution in [3.05, 3.63) is 23.5 Å². The van der Waals surface area contributed by atoms with Crippen LogP contribution in [0.4, 0.5) is 0 Å². The molecule has 2 N–H and O–H groups in total. The number of nitrogens with two attached hydrogens (primary N) is 1. The Morgan fingerprint density at radius 2 is 2.10 bits per heavy atom. The lowest BCUT2D eigenvalue weighted by atomic mass is 9.79. The van der Waals surface area contributed by atoms with Crippen LogP contribution in [0.1, 0.15) is 38.1 Å². The maximum absolute atomic E-state index is 12.4. The van der Waals surface area contributed by atoms with Crippen LogP contribution in [-0.4, -0.2) is 31.2 Å². The molecule has 0 aromatic carbocycles. The van der Waals surface area contributed by atoms with Gasteiger partial charge in [-0.1, -0.05) is 13.3 Å². The molecule has 1 aromatic rings. The average molecular weight is 294 g/mol. The summed E-state index contributed by atoms with van der Waals surface area (Å²) in [5, 5.41) is 0. The molecule has 0 aliphatic rings. The SMILES string of the molecule is CCCC(CN)(Cc1cc(OC)cc(C)n1)C(=O)OCC. The van der Waals surface area contributed by atoms with Crippen molar-refractivity contribution < 1.29 is 14.3 Å². The molecule has 1 atom stereocenters. The summed E-state index contributed by atoms with van der Waals surface area (Å²) in [5.41, 5.74) is 6.87. The van der Waals surface area contributed by atoms with Crippen molar-refractivity contribution in [2.24, 2.45) is 11.1 Å². The van der Waals surface area contributed by atoms with Gasteiger partial charge in [0.15, 0.2) is 0 Å². The highest BCUT2D eigenvalue weighted by Crippen LogP contribution is 2.30. The molecule has 21 heavy (non-hydrogen) atoms. The van der Waals surface area contributed by atoms with E-state index in [1.54, 1.807) is 14.0 Å². The van der Waals surface area contributed by atoms with Gasteiger partial charge >= 0.3 is 5.97 Å². The zero-order chi connectivity index (χ0) is 15.9. The third-order valence-electron chi connectivity index (χ3n) is 3.56. The van der Waals surface area contributed by atoms with Crippen LogP contribution >= 0.6 is 0 Å². The second kappa shape index (κ2) is 7.98. The van der Waals surface area contributed by atoms with Gasteiger partial charge in [-0.25, -0.2) is 0 Å². The van der Waals surface area contributed by atoms with Crippen molar-refractivity contribution in [3.8, 4) is 5.75 Å². The van der Waals surface area contributed by atoms with E-state index in [0.29, 0.717) is 19.4 Å². The number of esters is 1. The molecule has 0 amide bonds. The lowest BCUT2D eigenvalue weighted by molar-refractivity contribution is -0.155. The van der Waals surface area contributed by atoms with E-state index < -0.39 is 5.41 Å². The number of methoxy groups -OCH3 is 1. The van der Waals surface area contributed by atoms with Crippen LogP contribution in [0.5, 0.6) is 5.75 Å². The molecule has 1 unspecified atom stereocenters. The number of nitrogens with zero attached hydrogens (tertiary/aromatic N) is 1. The summed E-state index contributed by atoms with van der Waals surface area (Å²) in [6, 6.07) is 3.71. The molecular formula is C16H26N2O3. The molecule has 0 fully saturated rings. The molecule has 0 saturated heterocycles. The van der Waals surface area contributed by atoms with E-state index in [9.17, 15) is 4.79 Å². The highest BCUT2D eigenvalue weighted by Gasteiger charge is 2.38. The quantitative estimate of drug-likeness (QED) is 0.744. The summed E-state index contributed by atoms with van der Waals surface area (Å²) in [5.74, 6) is 0.500.